The molecule has 0 radical (unpaired) electrons. The van der Waals surface area contributed by atoms with Crippen LogP contribution in [-0.2, 0) is 13.1 Å². The monoisotopic (exact) mass is 251 g/mol. The molecule has 1 aromatic heterocycles. The molecule has 1 aromatic rings. The summed E-state index contributed by atoms with van der Waals surface area (Å²) in [5.41, 5.74) is 1.29. The molecule has 4 heteroatoms. The molecule has 1 N–H and O–H groups in total. The zero-order valence-corrected chi connectivity index (χ0v) is 12.0. The molecule has 1 aliphatic heterocycles. The highest BCUT2D eigenvalue weighted by Crippen LogP contribution is 2.29. The summed E-state index contributed by atoms with van der Waals surface area (Å²) in [6.45, 7) is 11.7. The molecule has 0 atom stereocenters. The average Bonchev–Trinajstić information content (AvgIpc) is 2.84. The fourth-order valence-electron chi connectivity index (χ4n) is 2.47. The fourth-order valence-corrected chi connectivity index (χ4v) is 2.47. The smallest absolute Gasteiger partial charge is 0.151 e. The van der Waals surface area contributed by atoms with Gasteiger partial charge < -0.3 is 9.84 Å². The highest BCUT2D eigenvalue weighted by Gasteiger charge is 2.32. The number of nitrogens with one attached hydrogen (secondary N) is 1. The Bertz CT molecular complexity index is 384. The molecule has 102 valence electrons. The number of nitrogens with zero attached hydrogens (tertiary/aromatic N) is 2. The Balaban J connectivity index is 1.90. The third-order valence-electron chi connectivity index (χ3n) is 3.72. The van der Waals surface area contributed by atoms with Crippen molar-refractivity contribution in [2.45, 2.75) is 65.2 Å². The van der Waals surface area contributed by atoms with Gasteiger partial charge in [-0.1, -0.05) is 19.0 Å². The van der Waals surface area contributed by atoms with Crippen LogP contribution in [0, 0.1) is 0 Å². The molecule has 2 heterocycles. The van der Waals surface area contributed by atoms with E-state index in [1.165, 1.54) is 12.8 Å². The lowest BCUT2D eigenvalue weighted by molar-refractivity contribution is 0.149. The summed E-state index contributed by atoms with van der Waals surface area (Å²) < 4.78 is 5.42. The van der Waals surface area contributed by atoms with Crippen molar-refractivity contribution in [3.63, 3.8) is 0 Å². The molecule has 0 amide bonds. The van der Waals surface area contributed by atoms with E-state index in [1.807, 2.05) is 0 Å². The lowest BCUT2D eigenvalue weighted by atomic mass is 10.0. The second-order valence-electron chi connectivity index (χ2n) is 6.16. The first-order valence-corrected chi connectivity index (χ1v) is 6.90. The van der Waals surface area contributed by atoms with Crippen molar-refractivity contribution in [2.24, 2.45) is 0 Å². The van der Waals surface area contributed by atoms with Crippen LogP contribution >= 0.6 is 0 Å². The second kappa shape index (κ2) is 5.41. The zero-order chi connectivity index (χ0) is 13.2. The van der Waals surface area contributed by atoms with Gasteiger partial charge in [0.1, 0.15) is 0 Å². The number of aromatic nitrogens is 1. The summed E-state index contributed by atoms with van der Waals surface area (Å²) in [5.74, 6) is 0.977. The van der Waals surface area contributed by atoms with Crippen LogP contribution in [0.1, 0.15) is 52.0 Å². The standard InChI is InChI=1S/C14H25N3O/c1-11(2)15-9-12-8-13(18-16-12)10-17-7-5-6-14(17,3)4/h8,11,15H,5-7,9-10H2,1-4H3. The number of hydrogen-bond acceptors (Lipinski definition) is 4. The minimum Gasteiger partial charge on any atom is -0.360 e. The van der Waals surface area contributed by atoms with E-state index < -0.39 is 0 Å². The molecule has 2 rings (SSSR count). The van der Waals surface area contributed by atoms with Crippen LogP contribution in [-0.4, -0.2) is 28.2 Å². The highest BCUT2D eigenvalue weighted by molar-refractivity contribution is 5.06. The van der Waals surface area contributed by atoms with Gasteiger partial charge in [0, 0.05) is 24.2 Å². The van der Waals surface area contributed by atoms with Crippen molar-refractivity contribution < 1.29 is 4.52 Å². The maximum atomic E-state index is 5.42. The summed E-state index contributed by atoms with van der Waals surface area (Å²) in [6.07, 6.45) is 2.55. The van der Waals surface area contributed by atoms with Gasteiger partial charge in [-0.2, -0.15) is 0 Å². The molecule has 0 aromatic carbocycles. The predicted molar refractivity (Wildman–Crippen MR) is 72.2 cm³/mol. The van der Waals surface area contributed by atoms with E-state index in [2.05, 4.69) is 49.1 Å². The number of hydrogen-bond donors (Lipinski definition) is 1. The van der Waals surface area contributed by atoms with Crippen LogP contribution in [0.4, 0.5) is 0 Å². The van der Waals surface area contributed by atoms with Gasteiger partial charge in [-0.15, -0.1) is 0 Å². The van der Waals surface area contributed by atoms with E-state index in [0.29, 0.717) is 11.6 Å². The molecule has 0 unspecified atom stereocenters. The van der Waals surface area contributed by atoms with E-state index in [9.17, 15) is 0 Å². The molecular formula is C14H25N3O. The van der Waals surface area contributed by atoms with E-state index in [4.69, 9.17) is 4.52 Å². The van der Waals surface area contributed by atoms with Gasteiger partial charge in [-0.05, 0) is 33.2 Å². The van der Waals surface area contributed by atoms with Gasteiger partial charge in [-0.3, -0.25) is 4.90 Å². The van der Waals surface area contributed by atoms with E-state index >= 15 is 0 Å². The van der Waals surface area contributed by atoms with Crippen LogP contribution in [0.15, 0.2) is 10.6 Å². The molecular weight excluding hydrogens is 226 g/mol. The Labute approximate surface area is 110 Å². The first kappa shape index (κ1) is 13.6. The summed E-state index contributed by atoms with van der Waals surface area (Å²) in [6, 6.07) is 2.55. The van der Waals surface area contributed by atoms with E-state index in [0.717, 1.165) is 31.1 Å². The summed E-state index contributed by atoms with van der Waals surface area (Å²) in [7, 11) is 0. The Kier molecular flexibility index (Phi) is 4.07. The van der Waals surface area contributed by atoms with Crippen LogP contribution in [0.3, 0.4) is 0 Å². The van der Waals surface area contributed by atoms with E-state index in [1.54, 1.807) is 0 Å². The van der Waals surface area contributed by atoms with Crippen LogP contribution in [0.25, 0.3) is 0 Å². The summed E-state index contributed by atoms with van der Waals surface area (Å²) in [5, 5.41) is 7.46. The second-order valence-corrected chi connectivity index (χ2v) is 6.16. The summed E-state index contributed by atoms with van der Waals surface area (Å²) in [4.78, 5) is 2.48. The summed E-state index contributed by atoms with van der Waals surface area (Å²) >= 11 is 0. The maximum absolute atomic E-state index is 5.42. The van der Waals surface area contributed by atoms with Gasteiger partial charge >= 0.3 is 0 Å². The molecule has 0 saturated carbocycles. The minimum absolute atomic E-state index is 0.295. The van der Waals surface area contributed by atoms with Crippen molar-refractivity contribution >= 4 is 0 Å². The quantitative estimate of drug-likeness (QED) is 0.873. The number of rotatable bonds is 5. The van der Waals surface area contributed by atoms with E-state index in [-0.39, 0.29) is 0 Å². The Morgan fingerprint density at radius 1 is 1.50 bits per heavy atom. The van der Waals surface area contributed by atoms with Crippen molar-refractivity contribution in [1.29, 1.82) is 0 Å². The topological polar surface area (TPSA) is 41.3 Å². The van der Waals surface area contributed by atoms with Gasteiger partial charge in [0.05, 0.1) is 12.2 Å². The van der Waals surface area contributed by atoms with Gasteiger partial charge in [0.2, 0.25) is 0 Å². The molecule has 4 nitrogen and oxygen atoms in total. The lowest BCUT2D eigenvalue weighted by Gasteiger charge is -2.30. The van der Waals surface area contributed by atoms with Gasteiger partial charge in [0.15, 0.2) is 5.76 Å². The van der Waals surface area contributed by atoms with Gasteiger partial charge in [-0.25, -0.2) is 0 Å². The van der Waals surface area contributed by atoms with Crippen molar-refractivity contribution in [3.8, 4) is 0 Å². The van der Waals surface area contributed by atoms with Crippen molar-refractivity contribution in [3.05, 3.63) is 17.5 Å². The molecule has 18 heavy (non-hydrogen) atoms. The highest BCUT2D eigenvalue weighted by atomic mass is 16.5. The third kappa shape index (κ3) is 3.33. The Morgan fingerprint density at radius 3 is 2.89 bits per heavy atom. The first-order chi connectivity index (χ1) is 8.47. The SMILES string of the molecule is CC(C)NCc1cc(CN2CCCC2(C)C)on1. The molecule has 1 fully saturated rings. The minimum atomic E-state index is 0.295. The lowest BCUT2D eigenvalue weighted by Crippen LogP contribution is -2.37. The fraction of sp³-hybridized carbons (Fsp3) is 0.786. The molecule has 1 aliphatic rings. The predicted octanol–water partition coefficient (Wildman–Crippen LogP) is 2.55. The maximum Gasteiger partial charge on any atom is 0.151 e. The molecule has 0 bridgehead atoms. The number of likely N-dealkylation sites (tertiary alicyclic amines) is 1. The van der Waals surface area contributed by atoms with Crippen LogP contribution in [0.2, 0.25) is 0 Å². The largest absolute Gasteiger partial charge is 0.360 e. The normalized spacial score (nSPS) is 19.8. The van der Waals surface area contributed by atoms with Crippen LogP contribution < -0.4 is 5.32 Å². The molecule has 1 saturated heterocycles. The molecule has 0 aliphatic carbocycles. The van der Waals surface area contributed by atoms with Gasteiger partial charge in [0.25, 0.3) is 0 Å². The van der Waals surface area contributed by atoms with Crippen LogP contribution in [0.5, 0.6) is 0 Å². The Hall–Kier alpha value is -0.870. The Morgan fingerprint density at radius 2 is 2.28 bits per heavy atom. The van der Waals surface area contributed by atoms with Crippen molar-refractivity contribution in [2.75, 3.05) is 6.54 Å². The zero-order valence-electron chi connectivity index (χ0n) is 12.0. The third-order valence-corrected chi connectivity index (χ3v) is 3.72. The average molecular weight is 251 g/mol. The first-order valence-electron chi connectivity index (χ1n) is 6.90. The van der Waals surface area contributed by atoms with Crippen molar-refractivity contribution in [1.82, 2.24) is 15.4 Å². The molecule has 0 spiro atoms.